The lowest BCUT2D eigenvalue weighted by Gasteiger charge is -2.26. The highest BCUT2D eigenvalue weighted by molar-refractivity contribution is 7.91. The number of fused-ring (bicyclic) bond motifs is 2. The molecule has 0 N–H and O–H groups in total. The first kappa shape index (κ1) is 13.9. The van der Waals surface area contributed by atoms with E-state index in [0.717, 1.165) is 12.1 Å². The van der Waals surface area contributed by atoms with Crippen LogP contribution in [0.4, 0.5) is 13.2 Å². The molecule has 1 aliphatic heterocycles. The van der Waals surface area contributed by atoms with Crippen molar-refractivity contribution in [1.29, 1.82) is 0 Å². The molecule has 1 unspecified atom stereocenters. The van der Waals surface area contributed by atoms with E-state index in [1.807, 2.05) is 0 Å². The van der Waals surface area contributed by atoms with Crippen LogP contribution in [0.25, 0.3) is 0 Å². The number of ether oxygens (including phenoxy) is 1. The van der Waals surface area contributed by atoms with Crippen molar-refractivity contribution in [2.45, 2.75) is 41.9 Å². The Morgan fingerprint density at radius 1 is 1.25 bits per heavy atom. The molecule has 3 rings (SSSR count). The third-order valence-electron chi connectivity index (χ3n) is 4.10. The summed E-state index contributed by atoms with van der Waals surface area (Å²) in [6.45, 7) is 0.435. The Bertz CT molecular complexity index is 649. The summed E-state index contributed by atoms with van der Waals surface area (Å²) in [7, 11) is -4.76. The van der Waals surface area contributed by atoms with Gasteiger partial charge in [0.2, 0.25) is 9.84 Å². The number of alkyl halides is 2. The maximum absolute atomic E-state index is 13.9. The SMILES string of the molecule is O=S(=O)(c1ccc(F)c2c1C1(CCCO1)CC2)C(F)F. The summed E-state index contributed by atoms with van der Waals surface area (Å²) in [5.41, 5.74) is -0.585. The van der Waals surface area contributed by atoms with Crippen LogP contribution in [0.5, 0.6) is 0 Å². The molecule has 1 atom stereocenters. The van der Waals surface area contributed by atoms with Gasteiger partial charge in [-0.15, -0.1) is 0 Å². The fraction of sp³-hybridized carbons (Fsp3) is 0.538. The van der Waals surface area contributed by atoms with E-state index in [-0.39, 0.29) is 11.1 Å². The lowest BCUT2D eigenvalue weighted by atomic mass is 9.92. The molecular formula is C13H13F3O3S. The molecule has 0 saturated carbocycles. The molecule has 0 aromatic heterocycles. The molecule has 3 nitrogen and oxygen atoms in total. The van der Waals surface area contributed by atoms with Gasteiger partial charge in [0.25, 0.3) is 0 Å². The third kappa shape index (κ3) is 1.79. The Balaban J connectivity index is 2.27. The average Bonchev–Trinajstić information content (AvgIpc) is 3.00. The molecule has 1 heterocycles. The van der Waals surface area contributed by atoms with E-state index in [1.54, 1.807) is 0 Å². The van der Waals surface area contributed by atoms with E-state index in [2.05, 4.69) is 0 Å². The lowest BCUT2D eigenvalue weighted by Crippen LogP contribution is -2.25. The molecule has 2 aliphatic rings. The summed E-state index contributed by atoms with van der Waals surface area (Å²) >= 11 is 0. The van der Waals surface area contributed by atoms with E-state index >= 15 is 0 Å². The lowest BCUT2D eigenvalue weighted by molar-refractivity contribution is -0.000233. The number of sulfone groups is 1. The van der Waals surface area contributed by atoms with Crippen LogP contribution in [0.1, 0.15) is 30.4 Å². The largest absolute Gasteiger partial charge is 0.370 e. The molecule has 1 spiro atoms. The van der Waals surface area contributed by atoms with Gasteiger partial charge >= 0.3 is 5.76 Å². The fourth-order valence-corrected chi connectivity index (χ4v) is 4.26. The highest BCUT2D eigenvalue weighted by Crippen LogP contribution is 2.50. The normalized spacial score (nSPS) is 25.6. The fourth-order valence-electron chi connectivity index (χ4n) is 3.22. The maximum atomic E-state index is 13.9. The second-order valence-corrected chi connectivity index (χ2v) is 7.04. The predicted octanol–water partition coefficient (Wildman–Crippen LogP) is 2.77. The molecule has 110 valence electrons. The Hall–Kier alpha value is -1.08. The van der Waals surface area contributed by atoms with E-state index in [9.17, 15) is 21.6 Å². The van der Waals surface area contributed by atoms with Gasteiger partial charge in [0.15, 0.2) is 0 Å². The molecule has 1 fully saturated rings. The summed E-state index contributed by atoms with van der Waals surface area (Å²) < 4.78 is 68.8. The van der Waals surface area contributed by atoms with Gasteiger partial charge < -0.3 is 4.74 Å². The molecule has 0 bridgehead atoms. The minimum Gasteiger partial charge on any atom is -0.370 e. The van der Waals surface area contributed by atoms with Gasteiger partial charge in [-0.1, -0.05) is 0 Å². The zero-order valence-electron chi connectivity index (χ0n) is 10.5. The molecule has 7 heteroatoms. The van der Waals surface area contributed by atoms with Gasteiger partial charge in [0.1, 0.15) is 5.82 Å². The van der Waals surface area contributed by atoms with Gasteiger partial charge in [-0.3, -0.25) is 0 Å². The van der Waals surface area contributed by atoms with Gasteiger partial charge in [0.05, 0.1) is 10.5 Å². The highest BCUT2D eigenvalue weighted by Gasteiger charge is 2.48. The Morgan fingerprint density at radius 3 is 2.60 bits per heavy atom. The first-order valence-electron chi connectivity index (χ1n) is 6.36. The van der Waals surface area contributed by atoms with Crippen LogP contribution in [-0.4, -0.2) is 20.8 Å². The van der Waals surface area contributed by atoms with Gasteiger partial charge in [-0.25, -0.2) is 12.8 Å². The van der Waals surface area contributed by atoms with Crippen molar-refractivity contribution in [2.24, 2.45) is 0 Å². The van der Waals surface area contributed by atoms with Crippen molar-refractivity contribution in [3.8, 4) is 0 Å². The molecule has 20 heavy (non-hydrogen) atoms. The van der Waals surface area contributed by atoms with Crippen molar-refractivity contribution in [1.82, 2.24) is 0 Å². The van der Waals surface area contributed by atoms with Crippen LogP contribution in [0.2, 0.25) is 0 Å². The second-order valence-electron chi connectivity index (χ2n) is 5.15. The molecule has 1 saturated heterocycles. The van der Waals surface area contributed by atoms with Crippen LogP contribution in [0, 0.1) is 5.82 Å². The smallest absolute Gasteiger partial charge is 0.341 e. The van der Waals surface area contributed by atoms with Gasteiger partial charge in [0, 0.05) is 12.2 Å². The zero-order valence-corrected chi connectivity index (χ0v) is 11.4. The van der Waals surface area contributed by atoms with Gasteiger partial charge in [-0.2, -0.15) is 8.78 Å². The molecule has 0 amide bonds. The van der Waals surface area contributed by atoms with Crippen molar-refractivity contribution >= 4 is 9.84 Å². The Morgan fingerprint density at radius 2 is 2.00 bits per heavy atom. The van der Waals surface area contributed by atoms with Crippen molar-refractivity contribution < 1.29 is 26.3 Å². The van der Waals surface area contributed by atoms with Crippen LogP contribution in [0.3, 0.4) is 0 Å². The van der Waals surface area contributed by atoms with E-state index < -0.39 is 31.9 Å². The minimum atomic E-state index is -4.76. The molecule has 1 aromatic rings. The van der Waals surface area contributed by atoms with Crippen molar-refractivity contribution in [3.05, 3.63) is 29.1 Å². The third-order valence-corrected chi connectivity index (χ3v) is 5.52. The Labute approximate surface area is 114 Å². The quantitative estimate of drug-likeness (QED) is 0.789. The van der Waals surface area contributed by atoms with Gasteiger partial charge in [-0.05, 0) is 43.4 Å². The molecular weight excluding hydrogens is 293 g/mol. The van der Waals surface area contributed by atoms with Crippen LogP contribution in [-0.2, 0) is 26.6 Å². The monoisotopic (exact) mass is 306 g/mol. The summed E-state index contributed by atoms with van der Waals surface area (Å²) in [5, 5.41) is 0. The van der Waals surface area contributed by atoms with E-state index in [0.29, 0.717) is 32.3 Å². The molecule has 1 aliphatic carbocycles. The first-order chi connectivity index (χ1) is 9.38. The Kier molecular flexibility index (Phi) is 3.10. The topological polar surface area (TPSA) is 43.4 Å². The van der Waals surface area contributed by atoms with E-state index in [1.165, 1.54) is 0 Å². The number of rotatable bonds is 2. The predicted molar refractivity (Wildman–Crippen MR) is 64.8 cm³/mol. The summed E-state index contributed by atoms with van der Waals surface area (Å²) in [6, 6.07) is 1.88. The van der Waals surface area contributed by atoms with E-state index in [4.69, 9.17) is 4.74 Å². The van der Waals surface area contributed by atoms with Crippen LogP contribution >= 0.6 is 0 Å². The standard InChI is InChI=1S/C13H13F3O3S/c14-9-2-3-10(20(17,18)12(15)16)11-8(9)4-6-13(11)5-1-7-19-13/h2-3,12H,1,4-7H2. The zero-order chi connectivity index (χ0) is 14.5. The number of benzene rings is 1. The number of hydrogen-bond acceptors (Lipinski definition) is 3. The maximum Gasteiger partial charge on any atom is 0.341 e. The summed E-state index contributed by atoms with van der Waals surface area (Å²) in [4.78, 5) is -0.483. The van der Waals surface area contributed by atoms with Crippen molar-refractivity contribution in [3.63, 3.8) is 0 Å². The van der Waals surface area contributed by atoms with Crippen molar-refractivity contribution in [2.75, 3.05) is 6.61 Å². The summed E-state index contributed by atoms with van der Waals surface area (Å²) in [5.74, 6) is -4.07. The highest BCUT2D eigenvalue weighted by atomic mass is 32.2. The first-order valence-corrected chi connectivity index (χ1v) is 7.91. The average molecular weight is 306 g/mol. The molecule has 1 aromatic carbocycles. The van der Waals surface area contributed by atoms with Crippen LogP contribution in [0.15, 0.2) is 17.0 Å². The summed E-state index contributed by atoms with van der Waals surface area (Å²) in [6.07, 6.45) is 2.00. The minimum absolute atomic E-state index is 0.121. The van der Waals surface area contributed by atoms with Crippen LogP contribution < -0.4 is 0 Å². The number of halogens is 3. The molecule has 0 radical (unpaired) electrons. The second kappa shape index (κ2) is 4.46. The number of hydrogen-bond donors (Lipinski definition) is 0.